The van der Waals surface area contributed by atoms with E-state index in [2.05, 4.69) is 0 Å². The Bertz CT molecular complexity index is 607. The first-order valence-corrected chi connectivity index (χ1v) is 7.61. The molecular weight excluding hydrogens is 282 g/mol. The Morgan fingerprint density at radius 3 is 2.55 bits per heavy atom. The average Bonchev–Trinajstić information content (AvgIpc) is 2.86. The molecule has 2 aliphatic rings. The number of rotatable bonds is 2. The minimum atomic E-state index is -0.840. The molecule has 2 saturated heterocycles. The summed E-state index contributed by atoms with van der Waals surface area (Å²) in [5, 5.41) is 9.66. The van der Waals surface area contributed by atoms with Gasteiger partial charge in [-0.2, -0.15) is 0 Å². The van der Waals surface area contributed by atoms with Crippen LogP contribution in [-0.2, 0) is 9.53 Å². The number of hydrogen-bond donors (Lipinski definition) is 1. The maximum absolute atomic E-state index is 12.8. The fraction of sp³-hybridized carbons (Fsp3) is 0.529. The Hall–Kier alpha value is -1.88. The molecule has 0 aliphatic carbocycles. The van der Waals surface area contributed by atoms with Gasteiger partial charge in [-0.3, -0.25) is 9.59 Å². The zero-order valence-corrected chi connectivity index (χ0v) is 13.0. The SMILES string of the molecule is Cc1cc(C)cc(C(=O)N2C[C@H]3COCC[C@@]3(C(=O)O)C2)c1. The van der Waals surface area contributed by atoms with Crippen molar-refractivity contribution in [1.29, 1.82) is 0 Å². The van der Waals surface area contributed by atoms with Gasteiger partial charge in [-0.25, -0.2) is 0 Å². The van der Waals surface area contributed by atoms with Crippen LogP contribution in [0.15, 0.2) is 18.2 Å². The first kappa shape index (κ1) is 15.0. The molecule has 2 heterocycles. The van der Waals surface area contributed by atoms with Crippen molar-refractivity contribution in [2.45, 2.75) is 20.3 Å². The number of amides is 1. The number of likely N-dealkylation sites (tertiary alicyclic amines) is 1. The number of carbonyl (C=O) groups excluding carboxylic acids is 1. The van der Waals surface area contributed by atoms with E-state index in [4.69, 9.17) is 4.74 Å². The summed E-state index contributed by atoms with van der Waals surface area (Å²) in [4.78, 5) is 26.2. The van der Waals surface area contributed by atoms with E-state index in [0.29, 0.717) is 31.7 Å². The van der Waals surface area contributed by atoms with Crippen LogP contribution in [0, 0.1) is 25.2 Å². The lowest BCUT2D eigenvalue weighted by atomic mass is 9.74. The summed E-state index contributed by atoms with van der Waals surface area (Å²) >= 11 is 0. The van der Waals surface area contributed by atoms with Gasteiger partial charge in [0.25, 0.3) is 5.91 Å². The summed E-state index contributed by atoms with van der Waals surface area (Å²) in [7, 11) is 0. The van der Waals surface area contributed by atoms with E-state index < -0.39 is 11.4 Å². The van der Waals surface area contributed by atoms with E-state index in [9.17, 15) is 14.7 Å². The van der Waals surface area contributed by atoms with E-state index in [1.54, 1.807) is 4.90 Å². The zero-order chi connectivity index (χ0) is 15.9. The van der Waals surface area contributed by atoms with Gasteiger partial charge >= 0.3 is 5.97 Å². The molecule has 0 spiro atoms. The number of ether oxygens (including phenoxy) is 1. The molecule has 22 heavy (non-hydrogen) atoms. The number of aryl methyl sites for hydroxylation is 2. The van der Waals surface area contributed by atoms with Gasteiger partial charge in [0, 0.05) is 31.2 Å². The summed E-state index contributed by atoms with van der Waals surface area (Å²) in [6.07, 6.45) is 0.476. The third kappa shape index (κ3) is 2.39. The molecule has 0 radical (unpaired) electrons. The van der Waals surface area contributed by atoms with Crippen LogP contribution in [0.1, 0.15) is 27.9 Å². The highest BCUT2D eigenvalue weighted by Gasteiger charge is 2.54. The first-order valence-electron chi connectivity index (χ1n) is 7.61. The first-order chi connectivity index (χ1) is 10.4. The van der Waals surface area contributed by atoms with Gasteiger partial charge in [0.2, 0.25) is 0 Å². The quantitative estimate of drug-likeness (QED) is 0.905. The molecule has 0 saturated carbocycles. The third-order valence-electron chi connectivity index (χ3n) is 4.89. The van der Waals surface area contributed by atoms with Crippen LogP contribution in [0.25, 0.3) is 0 Å². The van der Waals surface area contributed by atoms with Crippen molar-refractivity contribution < 1.29 is 19.4 Å². The molecule has 0 aromatic heterocycles. The number of aliphatic carboxylic acids is 1. The molecule has 5 nitrogen and oxygen atoms in total. The maximum Gasteiger partial charge on any atom is 0.311 e. The Balaban J connectivity index is 1.87. The number of nitrogens with zero attached hydrogens (tertiary/aromatic N) is 1. The molecule has 1 aromatic rings. The van der Waals surface area contributed by atoms with Crippen molar-refractivity contribution in [3.05, 3.63) is 34.9 Å². The summed E-state index contributed by atoms with van der Waals surface area (Å²) in [5.41, 5.74) is 1.87. The van der Waals surface area contributed by atoms with Crippen molar-refractivity contribution in [3.8, 4) is 0 Å². The molecule has 1 amide bonds. The van der Waals surface area contributed by atoms with E-state index in [-0.39, 0.29) is 18.4 Å². The zero-order valence-electron chi connectivity index (χ0n) is 13.0. The molecule has 3 rings (SSSR count). The number of hydrogen-bond acceptors (Lipinski definition) is 3. The van der Waals surface area contributed by atoms with E-state index in [0.717, 1.165) is 11.1 Å². The van der Waals surface area contributed by atoms with Gasteiger partial charge in [0.05, 0.1) is 12.0 Å². The molecule has 1 N–H and O–H groups in total. The molecule has 2 fully saturated rings. The summed E-state index contributed by atoms with van der Waals surface area (Å²) in [6, 6.07) is 5.75. The van der Waals surface area contributed by atoms with Gasteiger partial charge in [-0.05, 0) is 32.4 Å². The van der Waals surface area contributed by atoms with Crippen molar-refractivity contribution in [2.75, 3.05) is 26.3 Å². The van der Waals surface area contributed by atoms with E-state index >= 15 is 0 Å². The molecule has 0 unspecified atom stereocenters. The minimum absolute atomic E-state index is 0.0816. The van der Waals surface area contributed by atoms with Crippen molar-refractivity contribution >= 4 is 11.9 Å². The van der Waals surface area contributed by atoms with E-state index in [1.807, 2.05) is 32.0 Å². The van der Waals surface area contributed by atoms with Gasteiger partial charge in [-0.1, -0.05) is 17.2 Å². The van der Waals surface area contributed by atoms with Crippen LogP contribution in [0.3, 0.4) is 0 Å². The van der Waals surface area contributed by atoms with Crippen LogP contribution in [-0.4, -0.2) is 48.2 Å². The minimum Gasteiger partial charge on any atom is -0.481 e. The average molecular weight is 303 g/mol. The third-order valence-corrected chi connectivity index (χ3v) is 4.89. The van der Waals surface area contributed by atoms with Crippen molar-refractivity contribution in [2.24, 2.45) is 11.3 Å². The standard InChI is InChI=1S/C17H21NO4/c1-11-5-12(2)7-13(6-11)15(19)18-8-14-9-22-4-3-17(14,10-18)16(20)21/h5-7,14H,3-4,8-10H2,1-2H3,(H,20,21)/t14-,17+/m0/s1. The number of carboxylic acids is 1. The second-order valence-corrected chi connectivity index (χ2v) is 6.55. The van der Waals surface area contributed by atoms with Gasteiger partial charge in [0.1, 0.15) is 0 Å². The lowest BCUT2D eigenvalue weighted by Gasteiger charge is -2.33. The molecule has 5 heteroatoms. The van der Waals surface area contributed by atoms with Gasteiger partial charge in [0.15, 0.2) is 0 Å². The summed E-state index contributed by atoms with van der Waals surface area (Å²) in [6.45, 7) is 5.53. The lowest BCUT2D eigenvalue weighted by molar-refractivity contribution is -0.157. The summed E-state index contributed by atoms with van der Waals surface area (Å²) in [5.74, 6) is -1.01. The Morgan fingerprint density at radius 2 is 1.95 bits per heavy atom. The van der Waals surface area contributed by atoms with Crippen LogP contribution in [0.4, 0.5) is 0 Å². The second-order valence-electron chi connectivity index (χ2n) is 6.55. The molecule has 2 aliphatic heterocycles. The number of carboxylic acid groups (broad SMARTS) is 1. The predicted octanol–water partition coefficient (Wildman–Crippen LogP) is 1.87. The second kappa shape index (κ2) is 5.39. The molecule has 1 aromatic carbocycles. The highest BCUT2D eigenvalue weighted by molar-refractivity contribution is 5.95. The van der Waals surface area contributed by atoms with Gasteiger partial charge in [-0.15, -0.1) is 0 Å². The monoisotopic (exact) mass is 303 g/mol. The molecular formula is C17H21NO4. The van der Waals surface area contributed by atoms with Crippen LogP contribution >= 0.6 is 0 Å². The lowest BCUT2D eigenvalue weighted by Crippen LogP contribution is -2.45. The highest BCUT2D eigenvalue weighted by atomic mass is 16.5. The Morgan fingerprint density at radius 1 is 1.27 bits per heavy atom. The number of carbonyl (C=O) groups is 2. The van der Waals surface area contributed by atoms with Crippen molar-refractivity contribution in [3.63, 3.8) is 0 Å². The molecule has 118 valence electrons. The van der Waals surface area contributed by atoms with Crippen LogP contribution in [0.2, 0.25) is 0 Å². The molecule has 2 atom stereocenters. The normalized spacial score (nSPS) is 27.5. The smallest absolute Gasteiger partial charge is 0.311 e. The maximum atomic E-state index is 12.8. The number of fused-ring (bicyclic) bond motifs is 1. The van der Waals surface area contributed by atoms with Crippen molar-refractivity contribution in [1.82, 2.24) is 4.90 Å². The summed E-state index contributed by atoms with van der Waals surface area (Å²) < 4.78 is 5.43. The Labute approximate surface area is 129 Å². The fourth-order valence-electron chi connectivity index (χ4n) is 3.73. The highest BCUT2D eigenvalue weighted by Crippen LogP contribution is 2.42. The predicted molar refractivity (Wildman–Crippen MR) is 80.8 cm³/mol. The molecule has 0 bridgehead atoms. The van der Waals surface area contributed by atoms with Crippen LogP contribution in [0.5, 0.6) is 0 Å². The topological polar surface area (TPSA) is 66.8 Å². The Kier molecular flexibility index (Phi) is 3.68. The number of benzene rings is 1. The van der Waals surface area contributed by atoms with E-state index in [1.165, 1.54) is 0 Å². The largest absolute Gasteiger partial charge is 0.481 e. The van der Waals surface area contributed by atoms with Crippen LogP contribution < -0.4 is 0 Å². The fourth-order valence-corrected chi connectivity index (χ4v) is 3.73. The van der Waals surface area contributed by atoms with Gasteiger partial charge < -0.3 is 14.7 Å².